The Morgan fingerprint density at radius 2 is 1.91 bits per heavy atom. The Bertz CT molecular complexity index is 833. The van der Waals surface area contributed by atoms with Gasteiger partial charge in [0.25, 0.3) is 5.69 Å². The second-order valence-electron chi connectivity index (χ2n) is 4.62. The topological polar surface area (TPSA) is 93.9 Å². The maximum absolute atomic E-state index is 11.0. The Hall–Kier alpha value is -2.93. The molecule has 7 nitrogen and oxygen atoms in total. The van der Waals surface area contributed by atoms with E-state index in [2.05, 4.69) is 15.2 Å². The van der Waals surface area contributed by atoms with Crippen LogP contribution in [-0.4, -0.2) is 20.1 Å². The number of nitrogens with one attached hydrogen (secondary N) is 1. The van der Waals surface area contributed by atoms with Crippen molar-refractivity contribution in [3.05, 3.63) is 69.5 Å². The predicted octanol–water partition coefficient (Wildman–Crippen LogP) is 3.61. The van der Waals surface area contributed by atoms with Gasteiger partial charge in [-0.1, -0.05) is 23.7 Å². The molecule has 0 amide bonds. The minimum Gasteiger partial charge on any atom is -0.486 e. The highest BCUT2D eigenvalue weighted by molar-refractivity contribution is 6.30. The Morgan fingerprint density at radius 3 is 2.65 bits per heavy atom. The van der Waals surface area contributed by atoms with E-state index in [0.29, 0.717) is 22.2 Å². The number of para-hydroxylation sites is 1. The molecule has 0 atom stereocenters. The number of rotatable bonds is 5. The van der Waals surface area contributed by atoms with Crippen LogP contribution in [0.1, 0.15) is 5.82 Å². The molecule has 0 aliphatic carbocycles. The molecule has 0 bridgehead atoms. The highest BCUT2D eigenvalue weighted by Crippen LogP contribution is 2.26. The molecule has 0 aliphatic rings. The highest BCUT2D eigenvalue weighted by Gasteiger charge is 2.18. The molecule has 0 unspecified atom stereocenters. The van der Waals surface area contributed by atoms with Crippen molar-refractivity contribution in [2.45, 2.75) is 6.61 Å². The molecule has 23 heavy (non-hydrogen) atoms. The number of nitro groups is 1. The third-order valence-electron chi connectivity index (χ3n) is 3.06. The van der Waals surface area contributed by atoms with Crippen LogP contribution in [-0.2, 0) is 6.61 Å². The van der Waals surface area contributed by atoms with Gasteiger partial charge in [0.15, 0.2) is 11.6 Å². The number of nitrogens with zero attached hydrogens (tertiary/aromatic N) is 3. The van der Waals surface area contributed by atoms with E-state index < -0.39 is 4.92 Å². The van der Waals surface area contributed by atoms with E-state index in [0.717, 1.165) is 0 Å². The van der Waals surface area contributed by atoms with E-state index in [1.807, 2.05) is 0 Å². The van der Waals surface area contributed by atoms with E-state index in [1.54, 1.807) is 42.5 Å². The van der Waals surface area contributed by atoms with Gasteiger partial charge in [-0.15, -0.1) is 0 Å². The molecule has 1 N–H and O–H groups in total. The first-order chi connectivity index (χ1) is 11.1. The van der Waals surface area contributed by atoms with Crippen molar-refractivity contribution in [3.63, 3.8) is 0 Å². The van der Waals surface area contributed by atoms with Crippen LogP contribution in [0.25, 0.3) is 11.4 Å². The largest absolute Gasteiger partial charge is 0.486 e. The minimum atomic E-state index is -0.463. The fraction of sp³-hybridized carbons (Fsp3) is 0.0667. The molecule has 1 heterocycles. The summed E-state index contributed by atoms with van der Waals surface area (Å²) in [6.07, 6.45) is 0. The summed E-state index contributed by atoms with van der Waals surface area (Å²) in [5.74, 6) is 1.36. The number of halogens is 1. The van der Waals surface area contributed by atoms with Crippen molar-refractivity contribution in [2.75, 3.05) is 0 Å². The predicted molar refractivity (Wildman–Crippen MR) is 84.3 cm³/mol. The number of aromatic amines is 1. The summed E-state index contributed by atoms with van der Waals surface area (Å²) < 4.78 is 5.55. The van der Waals surface area contributed by atoms with Crippen LogP contribution in [0.4, 0.5) is 5.69 Å². The molecule has 116 valence electrons. The molecular formula is C15H11ClN4O3. The Labute approximate surface area is 136 Å². The zero-order valence-corrected chi connectivity index (χ0v) is 12.5. The number of ether oxygens (including phenoxy) is 1. The van der Waals surface area contributed by atoms with Gasteiger partial charge in [-0.2, -0.15) is 5.10 Å². The first-order valence-corrected chi connectivity index (χ1v) is 7.05. The Morgan fingerprint density at radius 1 is 1.17 bits per heavy atom. The van der Waals surface area contributed by atoms with E-state index in [4.69, 9.17) is 16.3 Å². The molecule has 0 fully saturated rings. The number of nitro benzene ring substituents is 1. The first kappa shape index (κ1) is 15.0. The lowest BCUT2D eigenvalue weighted by Gasteiger charge is -2.03. The summed E-state index contributed by atoms with van der Waals surface area (Å²) in [6.45, 7) is 0.162. The van der Waals surface area contributed by atoms with Crippen molar-refractivity contribution >= 4 is 17.3 Å². The second kappa shape index (κ2) is 6.45. The maximum atomic E-state index is 11.0. The van der Waals surface area contributed by atoms with Crippen LogP contribution in [0.2, 0.25) is 5.02 Å². The van der Waals surface area contributed by atoms with Crippen molar-refractivity contribution in [3.8, 4) is 17.1 Å². The lowest BCUT2D eigenvalue weighted by Crippen LogP contribution is -1.97. The number of hydrogen-bond acceptors (Lipinski definition) is 5. The summed E-state index contributed by atoms with van der Waals surface area (Å²) >= 11 is 5.80. The molecule has 0 spiro atoms. The summed E-state index contributed by atoms with van der Waals surface area (Å²) in [4.78, 5) is 14.8. The molecule has 0 saturated carbocycles. The average molecular weight is 331 g/mol. The maximum Gasteiger partial charge on any atom is 0.280 e. The molecule has 3 rings (SSSR count). The van der Waals surface area contributed by atoms with Crippen LogP contribution in [0, 0.1) is 10.1 Å². The second-order valence-corrected chi connectivity index (χ2v) is 5.06. The van der Waals surface area contributed by atoms with Gasteiger partial charge < -0.3 is 4.74 Å². The zero-order valence-electron chi connectivity index (χ0n) is 11.8. The van der Waals surface area contributed by atoms with Crippen LogP contribution in [0.5, 0.6) is 5.75 Å². The molecule has 1 aromatic heterocycles. The monoisotopic (exact) mass is 330 g/mol. The van der Waals surface area contributed by atoms with E-state index in [-0.39, 0.29) is 18.1 Å². The van der Waals surface area contributed by atoms with E-state index >= 15 is 0 Å². The van der Waals surface area contributed by atoms with Gasteiger partial charge in [0, 0.05) is 11.1 Å². The van der Waals surface area contributed by atoms with E-state index in [1.165, 1.54) is 6.07 Å². The molecule has 8 heteroatoms. The number of hydrogen-bond donors (Lipinski definition) is 1. The van der Waals surface area contributed by atoms with Crippen LogP contribution in [0.3, 0.4) is 0 Å². The Kier molecular flexibility index (Phi) is 4.20. The van der Waals surface area contributed by atoms with Crippen molar-refractivity contribution in [1.29, 1.82) is 0 Å². The molecular weight excluding hydrogens is 320 g/mol. The first-order valence-electron chi connectivity index (χ1n) is 6.67. The van der Waals surface area contributed by atoms with Gasteiger partial charge in [0.2, 0.25) is 0 Å². The quantitative estimate of drug-likeness (QED) is 0.569. The minimum absolute atomic E-state index is 0.0448. The third-order valence-corrected chi connectivity index (χ3v) is 3.31. The van der Waals surface area contributed by atoms with Gasteiger partial charge in [0.1, 0.15) is 12.4 Å². The van der Waals surface area contributed by atoms with Gasteiger partial charge in [-0.25, -0.2) is 4.98 Å². The molecule has 3 aromatic rings. The smallest absolute Gasteiger partial charge is 0.280 e. The molecule has 0 aliphatic heterocycles. The zero-order chi connectivity index (χ0) is 16.2. The highest BCUT2D eigenvalue weighted by atomic mass is 35.5. The fourth-order valence-corrected chi connectivity index (χ4v) is 2.11. The summed E-state index contributed by atoms with van der Waals surface area (Å²) in [5.41, 5.74) is 0.308. The number of aromatic nitrogens is 3. The van der Waals surface area contributed by atoms with Crippen molar-refractivity contribution in [1.82, 2.24) is 15.2 Å². The van der Waals surface area contributed by atoms with Crippen molar-refractivity contribution in [2.24, 2.45) is 0 Å². The standard InChI is InChI=1S/C15H11ClN4O3/c16-10-5-7-11(8-6-10)23-9-14-17-15(19-18-14)12-3-1-2-4-13(12)20(21)22/h1-8H,9H2,(H,17,18,19). The van der Waals surface area contributed by atoms with Gasteiger partial charge in [-0.3, -0.25) is 15.2 Å². The summed E-state index contributed by atoms with van der Waals surface area (Å²) in [5, 5.41) is 18.4. The average Bonchev–Trinajstić information content (AvgIpc) is 3.03. The third kappa shape index (κ3) is 3.46. The SMILES string of the molecule is O=[N+]([O-])c1ccccc1-c1n[nH]c(COc2ccc(Cl)cc2)n1. The van der Waals surface area contributed by atoms with Gasteiger partial charge in [0.05, 0.1) is 10.5 Å². The summed E-state index contributed by atoms with van der Waals surface area (Å²) in [6, 6.07) is 13.2. The number of benzene rings is 2. The normalized spacial score (nSPS) is 10.5. The van der Waals surface area contributed by atoms with Crippen LogP contribution >= 0.6 is 11.6 Å². The van der Waals surface area contributed by atoms with Gasteiger partial charge in [-0.05, 0) is 30.3 Å². The van der Waals surface area contributed by atoms with Crippen LogP contribution in [0.15, 0.2) is 48.5 Å². The fourth-order valence-electron chi connectivity index (χ4n) is 1.98. The van der Waals surface area contributed by atoms with Crippen LogP contribution < -0.4 is 4.74 Å². The lowest BCUT2D eigenvalue weighted by atomic mass is 10.2. The molecule has 0 saturated heterocycles. The van der Waals surface area contributed by atoms with Gasteiger partial charge >= 0.3 is 0 Å². The molecule has 2 aromatic carbocycles. The van der Waals surface area contributed by atoms with Crippen molar-refractivity contribution < 1.29 is 9.66 Å². The summed E-state index contributed by atoms with van der Waals surface area (Å²) in [7, 11) is 0. The molecule has 0 radical (unpaired) electrons. The van der Waals surface area contributed by atoms with E-state index in [9.17, 15) is 10.1 Å². The lowest BCUT2D eigenvalue weighted by molar-refractivity contribution is -0.384. The number of H-pyrrole nitrogens is 1. The Balaban J connectivity index is 1.76.